The van der Waals surface area contributed by atoms with Gasteiger partial charge in [-0.05, 0) is 42.7 Å². The second-order valence-electron chi connectivity index (χ2n) is 6.48. The number of pyridine rings is 1. The minimum atomic E-state index is -0.712. The quantitative estimate of drug-likeness (QED) is 0.727. The molecule has 144 valence electrons. The van der Waals surface area contributed by atoms with Crippen molar-refractivity contribution in [1.29, 1.82) is 0 Å². The van der Waals surface area contributed by atoms with E-state index in [4.69, 9.17) is 4.52 Å². The van der Waals surface area contributed by atoms with Gasteiger partial charge >= 0.3 is 11.8 Å². The molecule has 3 heterocycles. The highest BCUT2D eigenvalue weighted by atomic mass is 19.1. The Morgan fingerprint density at radius 1 is 1.14 bits per heavy atom. The molecule has 1 amide bonds. The molecule has 1 aliphatic heterocycles. The number of carbonyl (C=O) groups is 1. The van der Waals surface area contributed by atoms with E-state index in [1.165, 1.54) is 0 Å². The summed E-state index contributed by atoms with van der Waals surface area (Å²) in [5, 5.41) is 6.35. The van der Waals surface area contributed by atoms with Crippen LogP contribution in [0.3, 0.4) is 0 Å². The molecule has 1 aliphatic rings. The van der Waals surface area contributed by atoms with Crippen LogP contribution in [0, 0.1) is 11.6 Å². The first kappa shape index (κ1) is 18.0. The largest absolute Gasteiger partial charge is 0.357 e. The number of aromatic nitrogens is 3. The first-order valence-electron chi connectivity index (χ1n) is 8.87. The average molecular weight is 385 g/mol. The van der Waals surface area contributed by atoms with E-state index in [-0.39, 0.29) is 23.8 Å². The summed E-state index contributed by atoms with van der Waals surface area (Å²) in [6.07, 6.45) is 3.93. The fourth-order valence-corrected chi connectivity index (χ4v) is 3.08. The zero-order valence-electron chi connectivity index (χ0n) is 14.9. The Balaban J connectivity index is 1.45. The number of hydrogen-bond donors (Lipinski definition) is 1. The lowest BCUT2D eigenvalue weighted by Crippen LogP contribution is -2.23. The molecule has 0 saturated carbocycles. The average Bonchev–Trinajstić information content (AvgIpc) is 3.37. The summed E-state index contributed by atoms with van der Waals surface area (Å²) < 4.78 is 31.4. The fourth-order valence-electron chi connectivity index (χ4n) is 3.08. The number of anilines is 1. The van der Waals surface area contributed by atoms with Gasteiger partial charge in [-0.1, -0.05) is 5.16 Å². The molecule has 0 spiro atoms. The number of halogens is 2. The molecule has 4 rings (SSSR count). The normalized spacial score (nSPS) is 13.7. The topological polar surface area (TPSA) is 84.2 Å². The van der Waals surface area contributed by atoms with Crippen LogP contribution in [0.4, 0.5) is 14.6 Å². The van der Waals surface area contributed by atoms with Gasteiger partial charge in [0.2, 0.25) is 5.82 Å². The summed E-state index contributed by atoms with van der Waals surface area (Å²) in [5.74, 6) is -1.18. The summed E-state index contributed by atoms with van der Waals surface area (Å²) in [6.45, 7) is 1.84. The van der Waals surface area contributed by atoms with Gasteiger partial charge in [0.25, 0.3) is 0 Å². The van der Waals surface area contributed by atoms with E-state index in [1.807, 2.05) is 6.07 Å². The van der Waals surface area contributed by atoms with Crippen molar-refractivity contribution >= 4 is 11.7 Å². The number of nitrogens with zero attached hydrogens (tertiary/aromatic N) is 4. The number of rotatable bonds is 5. The molecule has 2 aromatic heterocycles. The lowest BCUT2D eigenvalue weighted by molar-refractivity contribution is 0.0907. The zero-order valence-corrected chi connectivity index (χ0v) is 14.9. The highest BCUT2D eigenvalue weighted by Gasteiger charge is 2.18. The standard InChI is InChI=1S/C19H17F2N5O2/c20-14-7-12(8-15(21)10-14)11-23-18(27)19-24-17(25-28-19)13-3-4-22-16(9-13)26-5-1-2-6-26/h3-4,7-10H,1-2,5-6,11H2,(H,23,27). The van der Waals surface area contributed by atoms with Crippen molar-refractivity contribution in [2.75, 3.05) is 18.0 Å². The second kappa shape index (κ2) is 7.71. The molecular formula is C19H17F2N5O2. The Morgan fingerprint density at radius 3 is 2.64 bits per heavy atom. The monoisotopic (exact) mass is 385 g/mol. The highest BCUT2D eigenvalue weighted by molar-refractivity contribution is 5.89. The van der Waals surface area contributed by atoms with Crippen molar-refractivity contribution in [3.63, 3.8) is 0 Å². The fraction of sp³-hybridized carbons (Fsp3) is 0.263. The molecule has 9 heteroatoms. The van der Waals surface area contributed by atoms with Gasteiger partial charge < -0.3 is 14.7 Å². The summed E-state index contributed by atoms with van der Waals surface area (Å²) in [4.78, 5) is 22.8. The van der Waals surface area contributed by atoms with Gasteiger partial charge in [0, 0.05) is 37.5 Å². The Labute approximate surface area is 159 Å². The predicted molar refractivity (Wildman–Crippen MR) is 96.5 cm³/mol. The van der Waals surface area contributed by atoms with Crippen LogP contribution >= 0.6 is 0 Å². The third-order valence-electron chi connectivity index (χ3n) is 4.43. The minimum absolute atomic E-state index is 0.0698. The molecule has 1 saturated heterocycles. The van der Waals surface area contributed by atoms with Crippen LogP contribution in [0.2, 0.25) is 0 Å². The molecule has 7 nitrogen and oxygen atoms in total. The Bertz CT molecular complexity index is 981. The van der Waals surface area contributed by atoms with Crippen LogP contribution in [0.1, 0.15) is 29.1 Å². The smallest absolute Gasteiger partial charge is 0.316 e. The molecular weight excluding hydrogens is 368 g/mol. The van der Waals surface area contributed by atoms with Crippen molar-refractivity contribution < 1.29 is 18.1 Å². The van der Waals surface area contributed by atoms with Crippen LogP contribution in [0.5, 0.6) is 0 Å². The van der Waals surface area contributed by atoms with Gasteiger partial charge in [-0.15, -0.1) is 0 Å². The Hall–Kier alpha value is -3.36. The van der Waals surface area contributed by atoms with E-state index < -0.39 is 17.5 Å². The second-order valence-corrected chi connectivity index (χ2v) is 6.48. The van der Waals surface area contributed by atoms with Crippen molar-refractivity contribution in [2.45, 2.75) is 19.4 Å². The van der Waals surface area contributed by atoms with E-state index in [9.17, 15) is 13.6 Å². The van der Waals surface area contributed by atoms with E-state index >= 15 is 0 Å². The van der Waals surface area contributed by atoms with Gasteiger partial charge in [-0.3, -0.25) is 4.79 Å². The molecule has 0 aliphatic carbocycles. The SMILES string of the molecule is O=C(NCc1cc(F)cc(F)c1)c1nc(-c2ccnc(N3CCCC3)c2)no1. The number of carbonyl (C=O) groups excluding carboxylic acids is 1. The van der Waals surface area contributed by atoms with Gasteiger partial charge in [0.05, 0.1) is 0 Å². The van der Waals surface area contributed by atoms with Gasteiger partial charge in [-0.25, -0.2) is 13.8 Å². The Morgan fingerprint density at radius 2 is 1.89 bits per heavy atom. The number of benzene rings is 1. The van der Waals surface area contributed by atoms with Crippen molar-refractivity contribution in [1.82, 2.24) is 20.4 Å². The molecule has 1 N–H and O–H groups in total. The number of amides is 1. The van der Waals surface area contributed by atoms with E-state index in [2.05, 4.69) is 25.3 Å². The van der Waals surface area contributed by atoms with Crippen molar-refractivity contribution in [3.05, 3.63) is 59.6 Å². The first-order chi connectivity index (χ1) is 13.6. The first-order valence-corrected chi connectivity index (χ1v) is 8.87. The van der Waals surface area contributed by atoms with Crippen LogP contribution < -0.4 is 10.2 Å². The number of hydrogen-bond acceptors (Lipinski definition) is 6. The molecule has 0 atom stereocenters. The van der Waals surface area contributed by atoms with Gasteiger partial charge in [-0.2, -0.15) is 4.98 Å². The van der Waals surface area contributed by atoms with Crippen molar-refractivity contribution in [3.8, 4) is 11.4 Å². The van der Waals surface area contributed by atoms with Crippen LogP contribution in [-0.4, -0.2) is 34.1 Å². The third kappa shape index (κ3) is 3.98. The third-order valence-corrected chi connectivity index (χ3v) is 4.43. The molecule has 0 radical (unpaired) electrons. The molecule has 0 unspecified atom stereocenters. The summed E-state index contributed by atoms with van der Waals surface area (Å²) in [7, 11) is 0. The lowest BCUT2D eigenvalue weighted by Gasteiger charge is -2.16. The predicted octanol–water partition coefficient (Wildman–Crippen LogP) is 2.94. The van der Waals surface area contributed by atoms with Crippen LogP contribution in [0.25, 0.3) is 11.4 Å². The summed E-state index contributed by atoms with van der Waals surface area (Å²) >= 11 is 0. The van der Waals surface area contributed by atoms with E-state index in [0.29, 0.717) is 5.56 Å². The molecule has 3 aromatic rings. The highest BCUT2D eigenvalue weighted by Crippen LogP contribution is 2.23. The maximum absolute atomic E-state index is 13.2. The minimum Gasteiger partial charge on any atom is -0.357 e. The molecule has 1 aromatic carbocycles. The zero-order chi connectivity index (χ0) is 19.5. The molecule has 28 heavy (non-hydrogen) atoms. The van der Waals surface area contributed by atoms with E-state index in [0.717, 1.165) is 49.9 Å². The number of nitrogens with one attached hydrogen (secondary N) is 1. The lowest BCUT2D eigenvalue weighted by atomic mass is 10.2. The molecule has 1 fully saturated rings. The van der Waals surface area contributed by atoms with E-state index in [1.54, 1.807) is 12.3 Å². The van der Waals surface area contributed by atoms with Crippen molar-refractivity contribution in [2.24, 2.45) is 0 Å². The maximum atomic E-state index is 13.2. The summed E-state index contributed by atoms with van der Waals surface area (Å²) in [6, 6.07) is 6.63. The van der Waals surface area contributed by atoms with Gasteiger partial charge in [0.15, 0.2) is 0 Å². The maximum Gasteiger partial charge on any atom is 0.316 e. The van der Waals surface area contributed by atoms with Crippen LogP contribution in [0.15, 0.2) is 41.1 Å². The van der Waals surface area contributed by atoms with Crippen LogP contribution in [-0.2, 0) is 6.54 Å². The molecule has 0 bridgehead atoms. The van der Waals surface area contributed by atoms with Gasteiger partial charge in [0.1, 0.15) is 17.5 Å². The Kier molecular flexibility index (Phi) is 4.96. The summed E-state index contributed by atoms with van der Waals surface area (Å²) in [5.41, 5.74) is 0.974.